The molecule has 112 valence electrons. The van der Waals surface area contributed by atoms with Crippen LogP contribution in [-0.4, -0.2) is 24.1 Å². The standard InChI is InChI=1S/C16H20BrN3O/c1-16(2,3)13-9-14(18-4)20-15(19-13)10-6-7-12(21-5)11(17)8-10/h6-9H,1-5H3,(H,18,19,20). The molecule has 5 heteroatoms. The minimum Gasteiger partial charge on any atom is -0.496 e. The van der Waals surface area contributed by atoms with Gasteiger partial charge < -0.3 is 10.1 Å². The van der Waals surface area contributed by atoms with Crippen LogP contribution in [0.3, 0.4) is 0 Å². The minimum atomic E-state index is -0.0347. The van der Waals surface area contributed by atoms with Gasteiger partial charge in [-0.1, -0.05) is 20.8 Å². The van der Waals surface area contributed by atoms with Crippen molar-refractivity contribution in [3.63, 3.8) is 0 Å². The van der Waals surface area contributed by atoms with Gasteiger partial charge in [-0.3, -0.25) is 0 Å². The van der Waals surface area contributed by atoms with Crippen molar-refractivity contribution in [3.05, 3.63) is 34.4 Å². The first-order valence-corrected chi connectivity index (χ1v) is 7.55. The van der Waals surface area contributed by atoms with Crippen molar-refractivity contribution >= 4 is 21.7 Å². The highest BCUT2D eigenvalue weighted by Crippen LogP contribution is 2.31. The van der Waals surface area contributed by atoms with E-state index in [9.17, 15) is 0 Å². The Morgan fingerprint density at radius 1 is 1.14 bits per heavy atom. The van der Waals surface area contributed by atoms with Crippen LogP contribution in [0.4, 0.5) is 5.82 Å². The monoisotopic (exact) mass is 349 g/mol. The molecule has 1 aromatic carbocycles. The van der Waals surface area contributed by atoms with Crippen LogP contribution in [0, 0.1) is 0 Å². The average Bonchev–Trinajstić information content (AvgIpc) is 2.45. The van der Waals surface area contributed by atoms with Crippen molar-refractivity contribution in [1.29, 1.82) is 0 Å². The van der Waals surface area contributed by atoms with E-state index in [2.05, 4.69) is 47.0 Å². The van der Waals surface area contributed by atoms with Gasteiger partial charge in [0.15, 0.2) is 5.82 Å². The Kier molecular flexibility index (Phi) is 4.52. The van der Waals surface area contributed by atoms with E-state index in [1.54, 1.807) is 7.11 Å². The third kappa shape index (κ3) is 3.53. The van der Waals surface area contributed by atoms with Gasteiger partial charge >= 0.3 is 0 Å². The van der Waals surface area contributed by atoms with Gasteiger partial charge in [0, 0.05) is 24.1 Å². The molecule has 21 heavy (non-hydrogen) atoms. The molecule has 0 unspecified atom stereocenters. The highest BCUT2D eigenvalue weighted by Gasteiger charge is 2.18. The van der Waals surface area contributed by atoms with Gasteiger partial charge in [0.05, 0.1) is 17.3 Å². The molecule has 0 radical (unpaired) electrons. The second-order valence-corrected chi connectivity index (χ2v) is 6.67. The van der Waals surface area contributed by atoms with Gasteiger partial charge in [0.2, 0.25) is 0 Å². The lowest BCUT2D eigenvalue weighted by atomic mass is 9.92. The Labute approximate surface area is 134 Å². The molecule has 1 aromatic heterocycles. The van der Waals surface area contributed by atoms with Crippen LogP contribution in [0.15, 0.2) is 28.7 Å². The molecule has 0 aliphatic rings. The predicted octanol–water partition coefficient (Wildman–Crippen LogP) is 4.25. The second-order valence-electron chi connectivity index (χ2n) is 5.81. The molecule has 0 spiro atoms. The average molecular weight is 350 g/mol. The number of nitrogens with one attached hydrogen (secondary N) is 1. The summed E-state index contributed by atoms with van der Waals surface area (Å²) in [6.07, 6.45) is 0. The van der Waals surface area contributed by atoms with Gasteiger partial charge in [-0.05, 0) is 34.1 Å². The Morgan fingerprint density at radius 3 is 2.38 bits per heavy atom. The lowest BCUT2D eigenvalue weighted by Gasteiger charge is -2.19. The van der Waals surface area contributed by atoms with Crippen molar-refractivity contribution in [2.75, 3.05) is 19.5 Å². The summed E-state index contributed by atoms with van der Waals surface area (Å²) >= 11 is 3.50. The van der Waals surface area contributed by atoms with E-state index in [0.717, 1.165) is 27.3 Å². The Bertz CT molecular complexity index is 650. The number of anilines is 1. The van der Waals surface area contributed by atoms with Crippen molar-refractivity contribution in [3.8, 4) is 17.1 Å². The van der Waals surface area contributed by atoms with E-state index >= 15 is 0 Å². The van der Waals surface area contributed by atoms with Gasteiger partial charge in [-0.25, -0.2) is 9.97 Å². The molecule has 0 fully saturated rings. The van der Waals surface area contributed by atoms with Crippen LogP contribution in [0.2, 0.25) is 0 Å². The van der Waals surface area contributed by atoms with E-state index in [1.807, 2.05) is 31.3 Å². The Morgan fingerprint density at radius 2 is 1.86 bits per heavy atom. The molecule has 0 saturated carbocycles. The van der Waals surface area contributed by atoms with E-state index in [0.29, 0.717) is 5.82 Å². The lowest BCUT2D eigenvalue weighted by Crippen LogP contribution is -2.15. The quantitative estimate of drug-likeness (QED) is 0.899. The molecule has 0 aliphatic heterocycles. The van der Waals surface area contributed by atoms with Crippen LogP contribution >= 0.6 is 15.9 Å². The second kappa shape index (κ2) is 6.02. The molecule has 2 aromatic rings. The van der Waals surface area contributed by atoms with Crippen LogP contribution < -0.4 is 10.1 Å². The smallest absolute Gasteiger partial charge is 0.161 e. The zero-order valence-corrected chi connectivity index (χ0v) is 14.6. The van der Waals surface area contributed by atoms with Crippen molar-refractivity contribution in [2.24, 2.45) is 0 Å². The maximum absolute atomic E-state index is 5.26. The van der Waals surface area contributed by atoms with Gasteiger partial charge in [-0.15, -0.1) is 0 Å². The van der Waals surface area contributed by atoms with Gasteiger partial charge in [0.25, 0.3) is 0 Å². The van der Waals surface area contributed by atoms with E-state index in [-0.39, 0.29) is 5.41 Å². The fraction of sp³-hybridized carbons (Fsp3) is 0.375. The number of hydrogen-bond donors (Lipinski definition) is 1. The summed E-state index contributed by atoms with van der Waals surface area (Å²) in [5.74, 6) is 2.31. The number of halogens is 1. The molecule has 4 nitrogen and oxygen atoms in total. The number of ether oxygens (including phenoxy) is 1. The first kappa shape index (κ1) is 15.8. The van der Waals surface area contributed by atoms with E-state index < -0.39 is 0 Å². The molecular formula is C16H20BrN3O. The number of methoxy groups -OCH3 is 1. The van der Waals surface area contributed by atoms with Crippen LogP contribution in [0.1, 0.15) is 26.5 Å². The SMILES string of the molecule is CNc1cc(C(C)(C)C)nc(-c2ccc(OC)c(Br)c2)n1. The number of rotatable bonds is 3. The zero-order valence-electron chi connectivity index (χ0n) is 13.0. The first-order chi connectivity index (χ1) is 9.85. The highest BCUT2D eigenvalue weighted by molar-refractivity contribution is 9.10. The Balaban J connectivity index is 2.55. The molecule has 0 bridgehead atoms. The Hall–Kier alpha value is -1.62. The third-order valence-electron chi connectivity index (χ3n) is 3.16. The van der Waals surface area contributed by atoms with Crippen LogP contribution in [0.5, 0.6) is 5.75 Å². The van der Waals surface area contributed by atoms with Crippen LogP contribution in [0.25, 0.3) is 11.4 Å². The summed E-state index contributed by atoms with van der Waals surface area (Å²) in [7, 11) is 3.51. The maximum Gasteiger partial charge on any atom is 0.161 e. The fourth-order valence-electron chi connectivity index (χ4n) is 1.89. The fourth-order valence-corrected chi connectivity index (χ4v) is 2.43. The minimum absolute atomic E-state index is 0.0347. The number of aromatic nitrogens is 2. The lowest BCUT2D eigenvalue weighted by molar-refractivity contribution is 0.412. The topological polar surface area (TPSA) is 47.0 Å². The van der Waals surface area contributed by atoms with Crippen LogP contribution in [-0.2, 0) is 5.41 Å². The zero-order chi connectivity index (χ0) is 15.6. The van der Waals surface area contributed by atoms with E-state index in [4.69, 9.17) is 9.72 Å². The number of hydrogen-bond acceptors (Lipinski definition) is 4. The summed E-state index contributed by atoms with van der Waals surface area (Å²) in [6.45, 7) is 6.42. The van der Waals surface area contributed by atoms with Crippen molar-refractivity contribution in [2.45, 2.75) is 26.2 Å². The molecule has 2 rings (SSSR count). The highest BCUT2D eigenvalue weighted by atomic mass is 79.9. The molecule has 1 N–H and O–H groups in total. The summed E-state index contributed by atoms with van der Waals surface area (Å²) < 4.78 is 6.15. The summed E-state index contributed by atoms with van der Waals surface area (Å²) in [5, 5.41) is 3.10. The largest absolute Gasteiger partial charge is 0.496 e. The predicted molar refractivity (Wildman–Crippen MR) is 90.0 cm³/mol. The first-order valence-electron chi connectivity index (χ1n) is 6.76. The summed E-state index contributed by atoms with van der Waals surface area (Å²) in [6, 6.07) is 7.83. The maximum atomic E-state index is 5.26. The van der Waals surface area contributed by atoms with Crippen molar-refractivity contribution < 1.29 is 4.74 Å². The van der Waals surface area contributed by atoms with E-state index in [1.165, 1.54) is 0 Å². The molecule has 1 heterocycles. The molecule has 0 amide bonds. The number of nitrogens with zero attached hydrogens (tertiary/aromatic N) is 2. The van der Waals surface area contributed by atoms with Crippen molar-refractivity contribution in [1.82, 2.24) is 9.97 Å². The molecule has 0 aliphatic carbocycles. The third-order valence-corrected chi connectivity index (χ3v) is 3.78. The molecule has 0 saturated heterocycles. The van der Waals surface area contributed by atoms with Gasteiger partial charge in [-0.2, -0.15) is 0 Å². The summed E-state index contributed by atoms with van der Waals surface area (Å²) in [5.41, 5.74) is 1.92. The molecular weight excluding hydrogens is 330 g/mol. The normalized spacial score (nSPS) is 11.3. The molecule has 0 atom stereocenters. The number of benzene rings is 1. The summed E-state index contributed by atoms with van der Waals surface area (Å²) in [4.78, 5) is 9.26. The van der Waals surface area contributed by atoms with Gasteiger partial charge in [0.1, 0.15) is 11.6 Å².